The highest BCUT2D eigenvalue weighted by Crippen LogP contribution is 2.30. The molecule has 1 atom stereocenters. The molecule has 1 fully saturated rings. The number of anilines is 1. The second-order valence-electron chi connectivity index (χ2n) is 6.21. The van der Waals surface area contributed by atoms with E-state index in [9.17, 15) is 9.18 Å². The average Bonchev–Trinajstić information content (AvgIpc) is 3.16. The summed E-state index contributed by atoms with van der Waals surface area (Å²) in [4.78, 5) is 18.6. The molecule has 0 aliphatic carbocycles. The van der Waals surface area contributed by atoms with Crippen molar-refractivity contribution in [2.24, 2.45) is 0 Å². The van der Waals surface area contributed by atoms with E-state index >= 15 is 0 Å². The van der Waals surface area contributed by atoms with Gasteiger partial charge in [0, 0.05) is 13.7 Å². The second kappa shape index (κ2) is 9.43. The smallest absolute Gasteiger partial charge is 0.322 e. The molecule has 1 aliphatic heterocycles. The number of likely N-dealkylation sites (tertiary alicyclic amines) is 1. The van der Waals surface area contributed by atoms with Crippen molar-refractivity contribution in [3.63, 3.8) is 0 Å². The second-order valence-corrected chi connectivity index (χ2v) is 6.21. The van der Waals surface area contributed by atoms with Crippen LogP contribution in [0.4, 0.5) is 14.9 Å². The summed E-state index contributed by atoms with van der Waals surface area (Å²) in [6, 6.07) is 5.37. The molecule has 146 valence electrons. The lowest BCUT2D eigenvalue weighted by Gasteiger charge is -2.33. The van der Waals surface area contributed by atoms with Gasteiger partial charge in [0.15, 0.2) is 5.82 Å². The van der Waals surface area contributed by atoms with Crippen LogP contribution in [0.1, 0.15) is 37.0 Å². The largest absolute Gasteiger partial charge is 0.382 e. The molecule has 1 aromatic carbocycles. The van der Waals surface area contributed by atoms with Crippen LogP contribution >= 0.6 is 0 Å². The number of benzene rings is 1. The summed E-state index contributed by atoms with van der Waals surface area (Å²) in [6.07, 6.45) is 2.53. The predicted molar refractivity (Wildman–Crippen MR) is 94.5 cm³/mol. The van der Waals surface area contributed by atoms with Crippen LogP contribution in [0.2, 0.25) is 0 Å². The Morgan fingerprint density at radius 2 is 2.22 bits per heavy atom. The fraction of sp³-hybridized carbons (Fsp3) is 0.500. The fourth-order valence-electron chi connectivity index (χ4n) is 2.96. The lowest BCUT2D eigenvalue weighted by molar-refractivity contribution is 0.0494. The van der Waals surface area contributed by atoms with E-state index in [1.807, 2.05) is 0 Å². The number of carbonyl (C=O) groups is 1. The van der Waals surface area contributed by atoms with Gasteiger partial charge in [0.1, 0.15) is 12.4 Å². The number of nitrogens with zero attached hydrogens (tertiary/aromatic N) is 3. The third-order valence-electron chi connectivity index (χ3n) is 4.32. The minimum atomic E-state index is -0.477. The highest BCUT2D eigenvalue weighted by molar-refractivity contribution is 5.89. The average molecular weight is 378 g/mol. The summed E-state index contributed by atoms with van der Waals surface area (Å²) in [5, 5.41) is 6.62. The van der Waals surface area contributed by atoms with Gasteiger partial charge in [0.05, 0.1) is 24.9 Å². The number of amides is 2. The van der Waals surface area contributed by atoms with Gasteiger partial charge in [-0.1, -0.05) is 17.3 Å². The number of hydrogen-bond acceptors (Lipinski definition) is 6. The van der Waals surface area contributed by atoms with Gasteiger partial charge >= 0.3 is 6.03 Å². The SMILES string of the molecule is COCCOCc1nc([C@@H]2CCCCN2C(=O)Nc2ccccc2F)no1. The zero-order valence-corrected chi connectivity index (χ0v) is 15.2. The first-order chi connectivity index (χ1) is 13.2. The maximum Gasteiger partial charge on any atom is 0.322 e. The van der Waals surface area contributed by atoms with Crippen molar-refractivity contribution < 1.29 is 23.2 Å². The van der Waals surface area contributed by atoms with Gasteiger partial charge in [-0.25, -0.2) is 9.18 Å². The molecule has 0 saturated carbocycles. The molecule has 0 spiro atoms. The van der Waals surface area contributed by atoms with Crippen molar-refractivity contribution in [2.45, 2.75) is 31.9 Å². The van der Waals surface area contributed by atoms with Gasteiger partial charge in [-0.15, -0.1) is 0 Å². The molecule has 0 radical (unpaired) electrons. The van der Waals surface area contributed by atoms with Crippen LogP contribution < -0.4 is 5.32 Å². The van der Waals surface area contributed by atoms with Gasteiger partial charge in [0.25, 0.3) is 5.89 Å². The zero-order chi connectivity index (χ0) is 19.1. The molecule has 2 amide bonds. The number of nitrogens with one attached hydrogen (secondary N) is 1. The minimum Gasteiger partial charge on any atom is -0.382 e. The van der Waals surface area contributed by atoms with Crippen molar-refractivity contribution in [2.75, 3.05) is 32.2 Å². The van der Waals surface area contributed by atoms with Crippen molar-refractivity contribution in [1.82, 2.24) is 15.0 Å². The van der Waals surface area contributed by atoms with Crippen LogP contribution in [0, 0.1) is 5.82 Å². The lowest BCUT2D eigenvalue weighted by Crippen LogP contribution is -2.41. The van der Waals surface area contributed by atoms with E-state index in [0.29, 0.717) is 37.9 Å². The maximum atomic E-state index is 13.8. The quantitative estimate of drug-likeness (QED) is 0.745. The summed E-state index contributed by atoms with van der Waals surface area (Å²) in [5.41, 5.74) is 0.146. The predicted octanol–water partition coefficient (Wildman–Crippen LogP) is 3.13. The number of halogens is 1. The molecule has 9 heteroatoms. The Hall–Kier alpha value is -2.52. The van der Waals surface area contributed by atoms with Crippen molar-refractivity contribution in [1.29, 1.82) is 0 Å². The normalized spacial score (nSPS) is 17.1. The third-order valence-corrected chi connectivity index (χ3v) is 4.32. The molecule has 3 rings (SSSR count). The first-order valence-electron chi connectivity index (χ1n) is 8.90. The van der Waals surface area contributed by atoms with Gasteiger partial charge in [-0.05, 0) is 31.4 Å². The molecule has 2 heterocycles. The number of ether oxygens (including phenoxy) is 2. The number of para-hydroxylation sites is 1. The Bertz CT molecular complexity index is 754. The molecule has 2 aromatic rings. The number of urea groups is 1. The summed E-state index contributed by atoms with van der Waals surface area (Å²) >= 11 is 0. The number of hydrogen-bond donors (Lipinski definition) is 1. The maximum absolute atomic E-state index is 13.8. The van der Waals surface area contributed by atoms with E-state index < -0.39 is 5.82 Å². The first-order valence-corrected chi connectivity index (χ1v) is 8.90. The van der Waals surface area contributed by atoms with E-state index in [2.05, 4.69) is 15.5 Å². The molecule has 0 unspecified atom stereocenters. The van der Waals surface area contributed by atoms with Crippen LogP contribution in [0.5, 0.6) is 0 Å². The number of carbonyl (C=O) groups excluding carboxylic acids is 1. The lowest BCUT2D eigenvalue weighted by atomic mass is 10.0. The number of rotatable bonds is 7. The van der Waals surface area contributed by atoms with Gasteiger partial charge < -0.3 is 24.2 Å². The number of methoxy groups -OCH3 is 1. The van der Waals surface area contributed by atoms with Crippen LogP contribution in [-0.2, 0) is 16.1 Å². The van der Waals surface area contributed by atoms with E-state index in [1.165, 1.54) is 12.1 Å². The van der Waals surface area contributed by atoms with Crippen molar-refractivity contribution >= 4 is 11.7 Å². The van der Waals surface area contributed by atoms with Gasteiger partial charge in [-0.2, -0.15) is 4.98 Å². The molecular weight excluding hydrogens is 355 g/mol. The number of piperidine rings is 1. The Morgan fingerprint density at radius 1 is 1.37 bits per heavy atom. The van der Waals surface area contributed by atoms with E-state index in [-0.39, 0.29) is 24.4 Å². The summed E-state index contributed by atoms with van der Waals surface area (Å²) < 4.78 is 29.3. The molecule has 1 aromatic heterocycles. The van der Waals surface area contributed by atoms with Crippen LogP contribution in [-0.4, -0.2) is 47.9 Å². The summed E-state index contributed by atoms with van der Waals surface area (Å²) in [5.74, 6) is 0.305. The van der Waals surface area contributed by atoms with E-state index in [4.69, 9.17) is 14.0 Å². The van der Waals surface area contributed by atoms with E-state index in [1.54, 1.807) is 24.1 Å². The Labute approximate surface area is 156 Å². The molecule has 0 bridgehead atoms. The van der Waals surface area contributed by atoms with Gasteiger partial charge in [0.2, 0.25) is 0 Å². The Morgan fingerprint density at radius 3 is 3.04 bits per heavy atom. The topological polar surface area (TPSA) is 89.7 Å². The van der Waals surface area contributed by atoms with E-state index in [0.717, 1.165) is 12.8 Å². The van der Waals surface area contributed by atoms with Crippen LogP contribution in [0.15, 0.2) is 28.8 Å². The molecule has 1 saturated heterocycles. The summed E-state index contributed by atoms with van der Waals surface area (Å²) in [7, 11) is 1.60. The molecule has 27 heavy (non-hydrogen) atoms. The highest BCUT2D eigenvalue weighted by atomic mass is 19.1. The zero-order valence-electron chi connectivity index (χ0n) is 15.2. The standard InChI is InChI=1S/C18H23FN4O4/c1-25-10-11-26-12-16-21-17(22-27-16)15-8-4-5-9-23(15)18(24)20-14-7-3-2-6-13(14)19/h2-3,6-7,15H,4-5,8-12H2,1H3,(H,20,24)/t15-/m0/s1. The van der Waals surface area contributed by atoms with Crippen molar-refractivity contribution in [3.05, 3.63) is 41.8 Å². The van der Waals surface area contributed by atoms with Gasteiger partial charge in [-0.3, -0.25) is 0 Å². The monoisotopic (exact) mass is 378 g/mol. The first kappa shape index (κ1) is 19.2. The Kier molecular flexibility index (Phi) is 6.72. The third kappa shape index (κ3) is 5.01. The highest BCUT2D eigenvalue weighted by Gasteiger charge is 2.32. The molecule has 8 nitrogen and oxygen atoms in total. The minimum absolute atomic E-state index is 0.146. The van der Waals surface area contributed by atoms with Crippen molar-refractivity contribution in [3.8, 4) is 0 Å². The fourth-order valence-corrected chi connectivity index (χ4v) is 2.96. The number of aromatic nitrogens is 2. The van der Waals surface area contributed by atoms with Crippen LogP contribution in [0.25, 0.3) is 0 Å². The molecule has 1 N–H and O–H groups in total. The molecular formula is C18H23FN4O4. The van der Waals surface area contributed by atoms with Crippen LogP contribution in [0.3, 0.4) is 0 Å². The molecule has 1 aliphatic rings. The summed E-state index contributed by atoms with van der Waals surface area (Å²) in [6.45, 7) is 1.63. The Balaban J connectivity index is 1.65.